The van der Waals surface area contributed by atoms with Crippen LogP contribution in [0.15, 0.2) is 24.3 Å². The summed E-state index contributed by atoms with van der Waals surface area (Å²) in [5.74, 6) is 0. The number of nitrogens with two attached hydrogens (primary N) is 1. The highest BCUT2D eigenvalue weighted by atomic mass is 15.2. The number of nitrogens with zero attached hydrogens (tertiary/aromatic N) is 2. The van der Waals surface area contributed by atoms with Gasteiger partial charge >= 0.3 is 0 Å². The van der Waals surface area contributed by atoms with Crippen molar-refractivity contribution in [3.63, 3.8) is 0 Å². The van der Waals surface area contributed by atoms with Crippen molar-refractivity contribution in [3.8, 4) is 0 Å². The van der Waals surface area contributed by atoms with Gasteiger partial charge in [-0.05, 0) is 44.1 Å². The van der Waals surface area contributed by atoms with E-state index in [9.17, 15) is 0 Å². The monoisotopic (exact) mass is 304 g/mol. The zero-order chi connectivity index (χ0) is 15.6. The van der Waals surface area contributed by atoms with Gasteiger partial charge in [-0.2, -0.15) is 0 Å². The molecule has 0 amide bonds. The van der Waals surface area contributed by atoms with Gasteiger partial charge in [0.1, 0.15) is 0 Å². The molecule has 0 spiro atoms. The van der Waals surface area contributed by atoms with Crippen molar-refractivity contribution in [1.29, 1.82) is 0 Å². The van der Waals surface area contributed by atoms with E-state index in [2.05, 4.69) is 46.4 Å². The molecule has 1 heterocycles. The molecular formula is C18H32N4. The average molecular weight is 304 g/mol. The number of nitrogens with one attached hydrogen (secondary N) is 1. The Hall–Kier alpha value is -1.10. The number of likely N-dealkylation sites (N-methyl/N-ethyl adjacent to an activating group) is 1. The van der Waals surface area contributed by atoms with E-state index in [4.69, 9.17) is 5.73 Å². The molecule has 22 heavy (non-hydrogen) atoms. The summed E-state index contributed by atoms with van der Waals surface area (Å²) in [6.07, 6.45) is 4.90. The van der Waals surface area contributed by atoms with Gasteiger partial charge in [0.2, 0.25) is 0 Å². The fourth-order valence-corrected chi connectivity index (χ4v) is 2.85. The largest absolute Gasteiger partial charge is 0.385 e. The number of hydrogen-bond acceptors (Lipinski definition) is 4. The van der Waals surface area contributed by atoms with Gasteiger partial charge in [0, 0.05) is 45.0 Å². The maximum Gasteiger partial charge on any atom is 0.0340 e. The molecule has 1 aliphatic heterocycles. The van der Waals surface area contributed by atoms with E-state index in [-0.39, 0.29) is 0 Å². The van der Waals surface area contributed by atoms with Gasteiger partial charge in [0.15, 0.2) is 0 Å². The Kier molecular flexibility index (Phi) is 7.71. The lowest BCUT2D eigenvalue weighted by Gasteiger charge is -2.32. The van der Waals surface area contributed by atoms with Crippen molar-refractivity contribution >= 4 is 5.69 Å². The summed E-state index contributed by atoms with van der Waals surface area (Å²) >= 11 is 0. The summed E-state index contributed by atoms with van der Waals surface area (Å²) in [4.78, 5) is 4.94. The first-order valence-corrected chi connectivity index (χ1v) is 8.72. The van der Waals surface area contributed by atoms with Crippen molar-refractivity contribution in [2.45, 2.75) is 32.2 Å². The van der Waals surface area contributed by atoms with Crippen LogP contribution in [0, 0.1) is 0 Å². The fraction of sp³-hybridized carbons (Fsp3) is 0.667. The van der Waals surface area contributed by atoms with Crippen LogP contribution in [0.4, 0.5) is 5.69 Å². The van der Waals surface area contributed by atoms with Gasteiger partial charge in [-0.3, -0.25) is 4.90 Å². The zero-order valence-corrected chi connectivity index (χ0v) is 14.1. The first-order valence-electron chi connectivity index (χ1n) is 8.72. The molecular weight excluding hydrogens is 272 g/mol. The van der Waals surface area contributed by atoms with E-state index in [0.29, 0.717) is 0 Å². The molecule has 0 unspecified atom stereocenters. The van der Waals surface area contributed by atoms with Crippen molar-refractivity contribution in [1.82, 2.24) is 9.80 Å². The fourth-order valence-electron chi connectivity index (χ4n) is 2.85. The summed E-state index contributed by atoms with van der Waals surface area (Å²) < 4.78 is 0. The van der Waals surface area contributed by atoms with Crippen molar-refractivity contribution in [2.75, 3.05) is 51.6 Å². The molecule has 0 saturated carbocycles. The van der Waals surface area contributed by atoms with Crippen molar-refractivity contribution < 1.29 is 0 Å². The maximum absolute atomic E-state index is 5.50. The van der Waals surface area contributed by atoms with Crippen LogP contribution in [0.5, 0.6) is 0 Å². The molecule has 1 saturated heterocycles. The van der Waals surface area contributed by atoms with Crippen LogP contribution in [0.3, 0.4) is 0 Å². The second-order valence-electron chi connectivity index (χ2n) is 6.41. The molecule has 0 bridgehead atoms. The standard InChI is InChI=1S/C18H32N4/c1-21-12-14-22(15-13-21)16-17-6-8-18(9-7-17)20-11-5-3-2-4-10-19/h6-9,20H,2-5,10-16,19H2,1H3. The van der Waals surface area contributed by atoms with Crippen LogP contribution in [0.25, 0.3) is 0 Å². The van der Waals surface area contributed by atoms with Crippen molar-refractivity contribution in [2.24, 2.45) is 5.73 Å². The van der Waals surface area contributed by atoms with Gasteiger partial charge in [-0.1, -0.05) is 25.0 Å². The van der Waals surface area contributed by atoms with E-state index in [1.807, 2.05) is 0 Å². The molecule has 124 valence electrons. The Morgan fingerprint density at radius 1 is 0.955 bits per heavy atom. The minimum atomic E-state index is 0.822. The highest BCUT2D eigenvalue weighted by Gasteiger charge is 2.13. The zero-order valence-electron chi connectivity index (χ0n) is 14.1. The lowest BCUT2D eigenvalue weighted by Crippen LogP contribution is -2.43. The lowest BCUT2D eigenvalue weighted by atomic mass is 10.1. The predicted octanol–water partition coefficient (Wildman–Crippen LogP) is 2.37. The molecule has 1 aromatic rings. The topological polar surface area (TPSA) is 44.5 Å². The van der Waals surface area contributed by atoms with Crippen LogP contribution in [0.1, 0.15) is 31.2 Å². The third kappa shape index (κ3) is 6.34. The molecule has 1 aliphatic rings. The number of piperazine rings is 1. The average Bonchev–Trinajstić information content (AvgIpc) is 2.54. The number of rotatable bonds is 9. The van der Waals surface area contributed by atoms with Crippen LogP contribution in [-0.4, -0.2) is 56.1 Å². The van der Waals surface area contributed by atoms with Crippen LogP contribution in [0.2, 0.25) is 0 Å². The molecule has 0 radical (unpaired) electrons. The number of benzene rings is 1. The summed E-state index contributed by atoms with van der Waals surface area (Å²) in [5.41, 5.74) is 8.15. The first kappa shape index (κ1) is 17.3. The van der Waals surface area contributed by atoms with Gasteiger partial charge in [0.25, 0.3) is 0 Å². The van der Waals surface area contributed by atoms with E-state index in [0.717, 1.165) is 26.1 Å². The minimum absolute atomic E-state index is 0.822. The van der Waals surface area contributed by atoms with E-state index in [1.54, 1.807) is 0 Å². The normalized spacial score (nSPS) is 16.8. The van der Waals surface area contributed by atoms with Gasteiger partial charge < -0.3 is 16.0 Å². The second kappa shape index (κ2) is 9.82. The number of unbranched alkanes of at least 4 members (excludes halogenated alkanes) is 3. The second-order valence-corrected chi connectivity index (χ2v) is 6.41. The van der Waals surface area contributed by atoms with E-state index >= 15 is 0 Å². The molecule has 4 nitrogen and oxygen atoms in total. The Labute approximate surface area is 135 Å². The Balaban J connectivity index is 1.64. The summed E-state index contributed by atoms with van der Waals surface area (Å²) in [5, 5.41) is 3.51. The van der Waals surface area contributed by atoms with Crippen molar-refractivity contribution in [3.05, 3.63) is 29.8 Å². The first-order chi connectivity index (χ1) is 10.8. The smallest absolute Gasteiger partial charge is 0.0340 e. The molecule has 0 atom stereocenters. The summed E-state index contributed by atoms with van der Waals surface area (Å²) in [6, 6.07) is 8.95. The Morgan fingerprint density at radius 3 is 2.32 bits per heavy atom. The quantitative estimate of drug-likeness (QED) is 0.688. The molecule has 0 aliphatic carbocycles. The van der Waals surface area contributed by atoms with Gasteiger partial charge in [-0.15, -0.1) is 0 Å². The highest BCUT2D eigenvalue weighted by Crippen LogP contribution is 2.13. The third-order valence-electron chi connectivity index (χ3n) is 4.42. The number of anilines is 1. The maximum atomic E-state index is 5.50. The molecule has 1 aromatic carbocycles. The van der Waals surface area contributed by atoms with Crippen LogP contribution < -0.4 is 11.1 Å². The molecule has 1 fully saturated rings. The lowest BCUT2D eigenvalue weighted by molar-refractivity contribution is 0.148. The third-order valence-corrected chi connectivity index (χ3v) is 4.42. The van der Waals surface area contributed by atoms with Crippen LogP contribution >= 0.6 is 0 Å². The van der Waals surface area contributed by atoms with Crippen LogP contribution in [-0.2, 0) is 6.54 Å². The summed E-state index contributed by atoms with van der Waals surface area (Å²) in [7, 11) is 2.20. The van der Waals surface area contributed by atoms with Gasteiger partial charge in [0.05, 0.1) is 0 Å². The molecule has 4 heteroatoms. The molecule has 2 rings (SSSR count). The minimum Gasteiger partial charge on any atom is -0.385 e. The SMILES string of the molecule is CN1CCN(Cc2ccc(NCCCCCCN)cc2)CC1. The summed E-state index contributed by atoms with van der Waals surface area (Å²) in [6.45, 7) is 7.68. The van der Waals surface area contributed by atoms with Gasteiger partial charge in [-0.25, -0.2) is 0 Å². The molecule has 3 N–H and O–H groups in total. The highest BCUT2D eigenvalue weighted by molar-refractivity contribution is 5.44. The molecule has 0 aromatic heterocycles. The number of hydrogen-bond donors (Lipinski definition) is 2. The van der Waals surface area contributed by atoms with E-state index < -0.39 is 0 Å². The van der Waals surface area contributed by atoms with E-state index in [1.165, 1.54) is 56.7 Å². The Morgan fingerprint density at radius 2 is 1.64 bits per heavy atom. The Bertz CT molecular complexity index is 396. The predicted molar refractivity (Wildman–Crippen MR) is 95.2 cm³/mol.